The molecule has 1 aliphatic rings. The maximum Gasteiger partial charge on any atom is 0.224 e. The van der Waals surface area contributed by atoms with E-state index in [1.165, 1.54) is 12.1 Å². The standard InChI is InChI=1S/C20H32FN5O/c1-3-5-11-23-20(22-4-2)24-12-10-19(27)26-15-13-25(14-16-26)18-8-6-17(21)7-9-18/h6-9H,3-5,10-16H2,1-2H3,(H2,22,23,24). The SMILES string of the molecule is CCCCN=C(NCC)NCCC(=O)N1CCN(c2ccc(F)cc2)CC1. The number of unbranched alkanes of at least 4 members (excludes halogenated alkanes) is 1. The molecule has 0 radical (unpaired) electrons. The van der Waals surface area contributed by atoms with Crippen molar-refractivity contribution in [3.8, 4) is 0 Å². The average Bonchev–Trinajstić information content (AvgIpc) is 2.69. The first-order valence-corrected chi connectivity index (χ1v) is 9.94. The van der Waals surface area contributed by atoms with E-state index < -0.39 is 0 Å². The van der Waals surface area contributed by atoms with Crippen LogP contribution >= 0.6 is 0 Å². The van der Waals surface area contributed by atoms with Crippen molar-refractivity contribution in [3.63, 3.8) is 0 Å². The summed E-state index contributed by atoms with van der Waals surface area (Å²) in [6.07, 6.45) is 2.63. The molecular formula is C20H32FN5O. The number of rotatable bonds is 8. The number of hydrogen-bond acceptors (Lipinski definition) is 3. The number of piperazine rings is 1. The minimum atomic E-state index is -0.227. The Balaban J connectivity index is 1.72. The lowest BCUT2D eigenvalue weighted by Crippen LogP contribution is -2.49. The Labute approximate surface area is 161 Å². The first-order valence-electron chi connectivity index (χ1n) is 9.94. The van der Waals surface area contributed by atoms with E-state index >= 15 is 0 Å². The Morgan fingerprint density at radius 1 is 1.11 bits per heavy atom. The fraction of sp³-hybridized carbons (Fsp3) is 0.600. The summed E-state index contributed by atoms with van der Waals surface area (Å²) in [5, 5.41) is 6.44. The molecule has 27 heavy (non-hydrogen) atoms. The molecule has 0 unspecified atom stereocenters. The maximum atomic E-state index is 13.0. The van der Waals surface area contributed by atoms with Crippen LogP contribution in [-0.2, 0) is 4.79 Å². The van der Waals surface area contributed by atoms with E-state index in [-0.39, 0.29) is 11.7 Å². The highest BCUT2D eigenvalue weighted by atomic mass is 19.1. The van der Waals surface area contributed by atoms with E-state index in [0.717, 1.165) is 50.7 Å². The van der Waals surface area contributed by atoms with E-state index in [1.54, 1.807) is 12.1 Å². The van der Waals surface area contributed by atoms with Crippen LogP contribution in [0.2, 0.25) is 0 Å². The van der Waals surface area contributed by atoms with Gasteiger partial charge in [-0.3, -0.25) is 9.79 Å². The van der Waals surface area contributed by atoms with Gasteiger partial charge in [0.2, 0.25) is 5.91 Å². The largest absolute Gasteiger partial charge is 0.368 e. The lowest BCUT2D eigenvalue weighted by molar-refractivity contribution is -0.131. The van der Waals surface area contributed by atoms with Crippen molar-refractivity contribution < 1.29 is 9.18 Å². The third kappa shape index (κ3) is 7.07. The Bertz CT molecular complexity index is 597. The molecule has 2 N–H and O–H groups in total. The zero-order valence-electron chi connectivity index (χ0n) is 16.5. The van der Waals surface area contributed by atoms with Gasteiger partial charge < -0.3 is 20.4 Å². The molecule has 1 heterocycles. The second-order valence-corrected chi connectivity index (χ2v) is 6.64. The van der Waals surface area contributed by atoms with Crippen molar-refractivity contribution in [2.24, 2.45) is 4.99 Å². The predicted molar refractivity (Wildman–Crippen MR) is 109 cm³/mol. The third-order valence-electron chi connectivity index (χ3n) is 4.58. The second-order valence-electron chi connectivity index (χ2n) is 6.64. The van der Waals surface area contributed by atoms with Gasteiger partial charge in [0.05, 0.1) is 0 Å². The molecule has 1 aliphatic heterocycles. The van der Waals surface area contributed by atoms with Crippen molar-refractivity contribution in [2.45, 2.75) is 33.1 Å². The molecule has 1 fully saturated rings. The van der Waals surface area contributed by atoms with Crippen LogP contribution < -0.4 is 15.5 Å². The van der Waals surface area contributed by atoms with E-state index in [1.807, 2.05) is 11.8 Å². The Kier molecular flexibility index (Phi) is 8.87. The highest BCUT2D eigenvalue weighted by Gasteiger charge is 2.21. The van der Waals surface area contributed by atoms with Gasteiger partial charge in [-0.05, 0) is 37.6 Å². The minimum Gasteiger partial charge on any atom is -0.368 e. The number of anilines is 1. The van der Waals surface area contributed by atoms with Gasteiger partial charge >= 0.3 is 0 Å². The number of aliphatic imine (C=N–C) groups is 1. The van der Waals surface area contributed by atoms with Crippen LogP contribution in [0.4, 0.5) is 10.1 Å². The molecule has 1 saturated heterocycles. The topological polar surface area (TPSA) is 60.0 Å². The van der Waals surface area contributed by atoms with Gasteiger partial charge in [-0.1, -0.05) is 13.3 Å². The summed E-state index contributed by atoms with van der Waals surface area (Å²) in [4.78, 5) is 21.0. The number of carbonyl (C=O) groups excluding carboxylic acids is 1. The molecule has 0 bridgehead atoms. The molecule has 1 aromatic carbocycles. The third-order valence-corrected chi connectivity index (χ3v) is 4.58. The lowest BCUT2D eigenvalue weighted by atomic mass is 10.2. The van der Waals surface area contributed by atoms with Crippen LogP contribution in [0.15, 0.2) is 29.3 Å². The van der Waals surface area contributed by atoms with Crippen LogP contribution in [0, 0.1) is 5.82 Å². The first-order chi connectivity index (χ1) is 13.1. The molecule has 0 atom stereocenters. The maximum absolute atomic E-state index is 13.0. The molecule has 6 nitrogen and oxygen atoms in total. The van der Waals surface area contributed by atoms with Crippen molar-refractivity contribution >= 4 is 17.6 Å². The van der Waals surface area contributed by atoms with Gasteiger partial charge in [0.25, 0.3) is 0 Å². The summed E-state index contributed by atoms with van der Waals surface area (Å²) in [6.45, 7) is 9.28. The number of amides is 1. The lowest BCUT2D eigenvalue weighted by Gasteiger charge is -2.36. The molecule has 1 amide bonds. The number of nitrogens with one attached hydrogen (secondary N) is 2. The van der Waals surface area contributed by atoms with Crippen molar-refractivity contribution in [2.75, 3.05) is 50.7 Å². The Morgan fingerprint density at radius 2 is 1.81 bits per heavy atom. The number of carbonyl (C=O) groups is 1. The monoisotopic (exact) mass is 377 g/mol. The zero-order valence-corrected chi connectivity index (χ0v) is 16.5. The molecule has 0 aliphatic carbocycles. The van der Waals surface area contributed by atoms with Crippen molar-refractivity contribution in [1.82, 2.24) is 15.5 Å². The van der Waals surface area contributed by atoms with Gasteiger partial charge in [0, 0.05) is 57.9 Å². The highest BCUT2D eigenvalue weighted by Crippen LogP contribution is 2.17. The molecule has 0 saturated carbocycles. The van der Waals surface area contributed by atoms with Gasteiger partial charge in [0.15, 0.2) is 5.96 Å². The summed E-state index contributed by atoms with van der Waals surface area (Å²) in [6, 6.07) is 6.53. The fourth-order valence-electron chi connectivity index (χ4n) is 3.00. The minimum absolute atomic E-state index is 0.158. The first kappa shape index (κ1) is 21.0. The van der Waals surface area contributed by atoms with E-state index in [9.17, 15) is 9.18 Å². The van der Waals surface area contributed by atoms with Gasteiger partial charge in [-0.15, -0.1) is 0 Å². The Morgan fingerprint density at radius 3 is 2.44 bits per heavy atom. The van der Waals surface area contributed by atoms with E-state index in [2.05, 4.69) is 27.4 Å². The van der Waals surface area contributed by atoms with Crippen LogP contribution in [0.1, 0.15) is 33.1 Å². The smallest absolute Gasteiger partial charge is 0.224 e. The quantitative estimate of drug-likeness (QED) is 0.414. The summed E-state index contributed by atoms with van der Waals surface area (Å²) in [7, 11) is 0. The van der Waals surface area contributed by atoms with E-state index in [4.69, 9.17) is 0 Å². The number of hydrogen-bond donors (Lipinski definition) is 2. The summed E-state index contributed by atoms with van der Waals surface area (Å²) in [5.41, 5.74) is 1.00. The number of benzene rings is 1. The van der Waals surface area contributed by atoms with Crippen LogP contribution in [0.25, 0.3) is 0 Å². The van der Waals surface area contributed by atoms with Gasteiger partial charge in [-0.25, -0.2) is 4.39 Å². The molecule has 1 aromatic rings. The number of halogens is 1. The van der Waals surface area contributed by atoms with Gasteiger partial charge in [-0.2, -0.15) is 0 Å². The number of guanidine groups is 1. The predicted octanol–water partition coefficient (Wildman–Crippen LogP) is 2.22. The van der Waals surface area contributed by atoms with Crippen LogP contribution in [0.3, 0.4) is 0 Å². The molecule has 0 aromatic heterocycles. The number of nitrogens with zero attached hydrogens (tertiary/aromatic N) is 3. The molecule has 2 rings (SSSR count). The fourth-order valence-corrected chi connectivity index (χ4v) is 3.00. The zero-order chi connectivity index (χ0) is 19.5. The summed E-state index contributed by atoms with van der Waals surface area (Å²) < 4.78 is 13.0. The van der Waals surface area contributed by atoms with Crippen molar-refractivity contribution in [1.29, 1.82) is 0 Å². The molecule has 150 valence electrons. The molecular weight excluding hydrogens is 345 g/mol. The summed E-state index contributed by atoms with van der Waals surface area (Å²) in [5.74, 6) is 0.709. The second kappa shape index (κ2) is 11.4. The van der Waals surface area contributed by atoms with Gasteiger partial charge in [0.1, 0.15) is 5.82 Å². The van der Waals surface area contributed by atoms with Crippen LogP contribution in [0.5, 0.6) is 0 Å². The Hall–Kier alpha value is -2.31. The van der Waals surface area contributed by atoms with Crippen molar-refractivity contribution in [3.05, 3.63) is 30.1 Å². The molecule has 0 spiro atoms. The van der Waals surface area contributed by atoms with E-state index in [0.29, 0.717) is 26.1 Å². The molecule has 7 heteroatoms. The average molecular weight is 378 g/mol. The normalized spacial score (nSPS) is 15.0. The highest BCUT2D eigenvalue weighted by molar-refractivity contribution is 5.81. The summed E-state index contributed by atoms with van der Waals surface area (Å²) >= 11 is 0. The van der Waals surface area contributed by atoms with Crippen LogP contribution in [-0.4, -0.2) is 62.6 Å².